The number of benzene rings is 1. The molecule has 2 bridgehead atoms. The second-order valence-corrected chi connectivity index (χ2v) is 12.2. The Morgan fingerprint density at radius 1 is 1.14 bits per heavy atom. The van der Waals surface area contributed by atoms with Crippen LogP contribution in [0.2, 0.25) is 0 Å². The summed E-state index contributed by atoms with van der Waals surface area (Å²) in [4.78, 5) is 28.6. The van der Waals surface area contributed by atoms with E-state index in [9.17, 15) is 19.8 Å². The number of nitrogens with one attached hydrogen (secondary N) is 1. The van der Waals surface area contributed by atoms with E-state index in [1.807, 2.05) is 29.2 Å². The zero-order chi connectivity index (χ0) is 25.2. The fraction of sp³-hybridized carbons (Fsp3) is 0.643. The average molecular weight is 609 g/mol. The topological polar surface area (TPSA) is 99.1 Å². The monoisotopic (exact) mass is 608 g/mol. The molecule has 1 aromatic rings. The van der Waals surface area contributed by atoms with Crippen molar-refractivity contribution in [2.75, 3.05) is 19.7 Å². The van der Waals surface area contributed by atoms with Crippen molar-refractivity contribution < 1.29 is 24.5 Å². The molecule has 4 aliphatic carbocycles. The van der Waals surface area contributed by atoms with Crippen LogP contribution < -0.4 is 10.1 Å². The van der Waals surface area contributed by atoms with E-state index in [1.165, 1.54) is 19.3 Å². The maximum atomic E-state index is 13.8. The Balaban J connectivity index is 1.38. The van der Waals surface area contributed by atoms with Crippen molar-refractivity contribution in [2.45, 2.75) is 69.6 Å². The first-order valence-electron chi connectivity index (χ1n) is 13.4. The van der Waals surface area contributed by atoms with Crippen molar-refractivity contribution in [3.05, 3.63) is 39.5 Å². The van der Waals surface area contributed by atoms with E-state index in [0.717, 1.165) is 28.8 Å². The van der Waals surface area contributed by atoms with Gasteiger partial charge in [0.1, 0.15) is 18.0 Å². The van der Waals surface area contributed by atoms with Gasteiger partial charge in [-0.2, -0.15) is 0 Å². The molecule has 3 unspecified atom stereocenters. The zero-order valence-corrected chi connectivity index (χ0v) is 22.8. The number of aliphatic hydroxyl groups excluding tert-OH is 2. The van der Waals surface area contributed by atoms with Gasteiger partial charge in [0.2, 0.25) is 11.8 Å². The van der Waals surface area contributed by atoms with Gasteiger partial charge in [-0.3, -0.25) is 9.59 Å². The van der Waals surface area contributed by atoms with E-state index in [4.69, 9.17) is 4.74 Å². The van der Waals surface area contributed by atoms with E-state index < -0.39 is 18.2 Å². The Kier molecular flexibility index (Phi) is 8.22. The van der Waals surface area contributed by atoms with Crippen LogP contribution in [-0.2, 0) is 9.59 Å². The average Bonchev–Trinajstić information content (AvgIpc) is 3.46. The maximum Gasteiger partial charge on any atom is 0.247 e. The maximum absolute atomic E-state index is 13.8. The molecule has 3 saturated carbocycles. The molecule has 1 aromatic carbocycles. The van der Waals surface area contributed by atoms with Gasteiger partial charge in [-0.25, -0.2) is 0 Å². The number of hydrogen-bond donors (Lipinski definition) is 3. The number of para-hydroxylation sites is 1. The quantitative estimate of drug-likeness (QED) is 0.355. The van der Waals surface area contributed by atoms with Crippen LogP contribution in [0, 0.1) is 27.2 Å². The molecular formula is C28H37IN2O5. The summed E-state index contributed by atoms with van der Waals surface area (Å²) < 4.78 is 7.15. The Morgan fingerprint density at radius 3 is 2.61 bits per heavy atom. The summed E-state index contributed by atoms with van der Waals surface area (Å²) in [5.74, 6) is 2.80. The molecular weight excluding hydrogens is 571 g/mol. The standard InChI is InChI=1S/C28H37IN2O5/c29-22-3-1-2-4-24(22)36-25-14-21(28(35)30-9-10-32)13-23(27(25)34)31(16-17-5-6-17)26(33)15-20-12-18-7-8-19(20)11-18/h1-4,14,17-20,23,25,27,32,34H,5-13,15-16H2,(H,30,35)/t18?,19?,20?,23-,25+,27+/m1/s1. The van der Waals surface area contributed by atoms with Crippen LogP contribution >= 0.6 is 22.6 Å². The van der Waals surface area contributed by atoms with Gasteiger partial charge in [-0.15, -0.1) is 0 Å². The van der Waals surface area contributed by atoms with Crippen LogP contribution in [0.3, 0.4) is 0 Å². The van der Waals surface area contributed by atoms with Gasteiger partial charge in [0, 0.05) is 31.5 Å². The fourth-order valence-corrected chi connectivity index (χ4v) is 6.95. The summed E-state index contributed by atoms with van der Waals surface area (Å²) >= 11 is 2.19. The number of rotatable bonds is 10. The van der Waals surface area contributed by atoms with Crippen LogP contribution in [0.5, 0.6) is 5.75 Å². The SMILES string of the molecule is O=C(NCCO)C1=C[C@H](Oc2ccccc2I)[C@@H](O)[C@H](N(CC2CC2)C(=O)CC2CC3CCC2C3)C1. The van der Waals surface area contributed by atoms with Crippen molar-refractivity contribution in [1.29, 1.82) is 0 Å². The molecule has 4 aliphatic rings. The highest BCUT2D eigenvalue weighted by molar-refractivity contribution is 14.1. The molecule has 3 N–H and O–H groups in total. The minimum absolute atomic E-state index is 0.105. The number of amides is 2. The third kappa shape index (κ3) is 5.91. The highest BCUT2D eigenvalue weighted by atomic mass is 127. The summed E-state index contributed by atoms with van der Waals surface area (Å²) in [5, 5.41) is 23.4. The molecule has 6 atom stereocenters. The number of ether oxygens (including phenoxy) is 1. The first kappa shape index (κ1) is 26.0. The highest BCUT2D eigenvalue weighted by Gasteiger charge is 2.45. The third-order valence-corrected chi connectivity index (χ3v) is 9.40. The third-order valence-electron chi connectivity index (χ3n) is 8.51. The lowest BCUT2D eigenvalue weighted by atomic mass is 9.84. The van der Waals surface area contributed by atoms with Crippen LogP contribution in [0.25, 0.3) is 0 Å². The molecule has 0 aliphatic heterocycles. The number of nitrogens with zero attached hydrogens (tertiary/aromatic N) is 1. The number of carbonyl (C=O) groups excluding carboxylic acids is 2. The number of aliphatic hydroxyl groups is 2. The fourth-order valence-electron chi connectivity index (χ4n) is 6.44. The minimum atomic E-state index is -0.946. The van der Waals surface area contributed by atoms with Gasteiger partial charge in [-0.1, -0.05) is 18.6 Å². The molecule has 0 spiro atoms. The predicted octanol–water partition coefficient (Wildman–Crippen LogP) is 3.27. The lowest BCUT2D eigenvalue weighted by Gasteiger charge is -2.41. The molecule has 3 fully saturated rings. The second-order valence-electron chi connectivity index (χ2n) is 11.1. The Hall–Kier alpha value is -1.65. The van der Waals surface area contributed by atoms with Crippen molar-refractivity contribution >= 4 is 34.4 Å². The van der Waals surface area contributed by atoms with Gasteiger partial charge in [-0.05, 0) is 96.6 Å². The van der Waals surface area contributed by atoms with Crippen molar-refractivity contribution in [2.24, 2.45) is 23.7 Å². The summed E-state index contributed by atoms with van der Waals surface area (Å²) in [5.41, 5.74) is 0.489. The van der Waals surface area contributed by atoms with E-state index in [-0.39, 0.29) is 31.4 Å². The Labute approximate surface area is 226 Å². The summed E-state index contributed by atoms with van der Waals surface area (Å²) in [6, 6.07) is 7.05. The first-order valence-corrected chi connectivity index (χ1v) is 14.5. The lowest BCUT2D eigenvalue weighted by Crippen LogP contribution is -2.55. The number of fused-ring (bicyclic) bond motifs is 2. The predicted molar refractivity (Wildman–Crippen MR) is 144 cm³/mol. The van der Waals surface area contributed by atoms with E-state index in [1.54, 1.807) is 6.08 Å². The molecule has 2 amide bonds. The van der Waals surface area contributed by atoms with Crippen LogP contribution in [-0.4, -0.2) is 64.9 Å². The summed E-state index contributed by atoms with van der Waals surface area (Å²) in [6.07, 6.45) is 7.94. The number of halogens is 1. The van der Waals surface area contributed by atoms with E-state index in [2.05, 4.69) is 27.9 Å². The summed E-state index contributed by atoms with van der Waals surface area (Å²) in [7, 11) is 0. The molecule has 0 aromatic heterocycles. The molecule has 0 radical (unpaired) electrons. The van der Waals surface area contributed by atoms with Crippen molar-refractivity contribution in [1.82, 2.24) is 10.2 Å². The van der Waals surface area contributed by atoms with Crippen LogP contribution in [0.4, 0.5) is 0 Å². The number of hydrogen-bond acceptors (Lipinski definition) is 5. The molecule has 196 valence electrons. The first-order chi connectivity index (χ1) is 17.4. The van der Waals surface area contributed by atoms with Gasteiger partial charge in [0.05, 0.1) is 16.2 Å². The van der Waals surface area contributed by atoms with Gasteiger partial charge in [0.15, 0.2) is 0 Å². The molecule has 36 heavy (non-hydrogen) atoms. The van der Waals surface area contributed by atoms with Gasteiger partial charge >= 0.3 is 0 Å². The second kappa shape index (κ2) is 11.4. The van der Waals surface area contributed by atoms with Crippen LogP contribution in [0.1, 0.15) is 51.4 Å². The normalized spacial score (nSPS) is 31.1. The minimum Gasteiger partial charge on any atom is -0.482 e. The lowest BCUT2D eigenvalue weighted by molar-refractivity contribution is -0.140. The van der Waals surface area contributed by atoms with Crippen LogP contribution in [0.15, 0.2) is 35.9 Å². The molecule has 7 nitrogen and oxygen atoms in total. The Morgan fingerprint density at radius 2 is 1.94 bits per heavy atom. The highest BCUT2D eigenvalue weighted by Crippen LogP contribution is 2.50. The molecule has 5 rings (SSSR count). The Bertz CT molecular complexity index is 996. The van der Waals surface area contributed by atoms with Crippen molar-refractivity contribution in [3.63, 3.8) is 0 Å². The molecule has 8 heteroatoms. The van der Waals surface area contributed by atoms with Gasteiger partial charge < -0.3 is 25.2 Å². The smallest absolute Gasteiger partial charge is 0.247 e. The molecule has 0 saturated heterocycles. The van der Waals surface area contributed by atoms with E-state index in [0.29, 0.717) is 42.0 Å². The number of carbonyl (C=O) groups is 2. The largest absolute Gasteiger partial charge is 0.482 e. The van der Waals surface area contributed by atoms with Crippen molar-refractivity contribution in [3.8, 4) is 5.75 Å². The van der Waals surface area contributed by atoms with E-state index >= 15 is 0 Å². The summed E-state index contributed by atoms with van der Waals surface area (Å²) in [6.45, 7) is 0.631. The zero-order valence-electron chi connectivity index (χ0n) is 20.7. The molecule has 0 heterocycles. The van der Waals surface area contributed by atoms with Gasteiger partial charge in [0.25, 0.3) is 0 Å².